The number of aromatic amines is 2. The highest BCUT2D eigenvalue weighted by Crippen LogP contribution is 2.35. The lowest BCUT2D eigenvalue weighted by Gasteiger charge is -2.12. The first kappa shape index (κ1) is 32.4. The molecule has 9 rings (SSSR count). The van der Waals surface area contributed by atoms with Crippen LogP contribution in [0.15, 0.2) is 140 Å². The molecule has 3 N–H and O–H groups in total. The van der Waals surface area contributed by atoms with E-state index in [1.54, 1.807) is 42.7 Å². The first-order valence-electron chi connectivity index (χ1n) is 16.6. The van der Waals surface area contributed by atoms with Gasteiger partial charge >= 0.3 is 0 Å². The maximum absolute atomic E-state index is 9.78. The van der Waals surface area contributed by atoms with Gasteiger partial charge in [-0.05, 0) is 78.4 Å². The van der Waals surface area contributed by atoms with Gasteiger partial charge in [-0.15, -0.1) is 0 Å². The van der Waals surface area contributed by atoms with Gasteiger partial charge in [-0.2, -0.15) is 10.5 Å². The largest absolute Gasteiger partial charge is 0.506 e. The molecule has 0 radical (unpaired) electrons. The van der Waals surface area contributed by atoms with E-state index in [1.165, 1.54) is 6.07 Å². The van der Waals surface area contributed by atoms with Crippen molar-refractivity contribution in [3.8, 4) is 46.6 Å². The first-order valence-corrected chi connectivity index (χ1v) is 16.6. The van der Waals surface area contributed by atoms with Gasteiger partial charge in [0.15, 0.2) is 0 Å². The first-order chi connectivity index (χ1) is 26.0. The molecule has 0 aliphatic heterocycles. The fraction of sp³-hybridized carbons (Fsp3) is 0.0233. The maximum Gasteiger partial charge on any atom is 0.139 e. The topological polar surface area (TPSA) is 153 Å². The molecule has 9 aromatic rings. The quantitative estimate of drug-likeness (QED) is 0.149. The third-order valence-electron chi connectivity index (χ3n) is 8.61. The van der Waals surface area contributed by atoms with Gasteiger partial charge < -0.3 is 29.3 Å². The Kier molecular flexibility index (Phi) is 8.67. The fourth-order valence-corrected chi connectivity index (χ4v) is 5.96. The third-order valence-corrected chi connectivity index (χ3v) is 8.61. The lowest BCUT2D eigenvalue weighted by Crippen LogP contribution is -1.98. The van der Waals surface area contributed by atoms with Crippen molar-refractivity contribution < 1.29 is 19.3 Å². The molecule has 0 spiro atoms. The van der Waals surface area contributed by atoms with Crippen LogP contribution in [0, 0.1) is 22.7 Å². The molecular weight excluding hydrogens is 665 g/mol. The van der Waals surface area contributed by atoms with Crippen molar-refractivity contribution in [3.63, 3.8) is 0 Å². The summed E-state index contributed by atoms with van der Waals surface area (Å²) in [5, 5.41) is 32.1. The van der Waals surface area contributed by atoms with Crippen molar-refractivity contribution in [1.29, 1.82) is 10.5 Å². The number of phenolic OH excluding ortho intramolecular Hbond substituents is 1. The van der Waals surface area contributed by atoms with Gasteiger partial charge in [0.1, 0.15) is 53.2 Å². The second kappa shape index (κ2) is 14.2. The van der Waals surface area contributed by atoms with E-state index >= 15 is 0 Å². The van der Waals surface area contributed by atoms with Crippen molar-refractivity contribution in [2.45, 2.75) is 6.61 Å². The predicted molar refractivity (Wildman–Crippen MR) is 202 cm³/mol. The highest BCUT2D eigenvalue weighted by molar-refractivity contribution is 5.90. The van der Waals surface area contributed by atoms with E-state index in [9.17, 15) is 10.4 Å². The summed E-state index contributed by atoms with van der Waals surface area (Å²) in [6, 6.07) is 39.8. The number of nitriles is 2. The second-order valence-electron chi connectivity index (χ2n) is 12.0. The van der Waals surface area contributed by atoms with E-state index in [0.29, 0.717) is 51.6 Å². The Balaban J connectivity index is 0.000000156. The fourth-order valence-electron chi connectivity index (χ4n) is 5.96. The zero-order chi connectivity index (χ0) is 36.1. The van der Waals surface area contributed by atoms with Crippen LogP contribution in [-0.2, 0) is 6.61 Å². The Hall–Kier alpha value is -7.82. The highest BCUT2D eigenvalue weighted by atomic mass is 16.5. The van der Waals surface area contributed by atoms with Crippen LogP contribution in [0.25, 0.3) is 43.6 Å². The van der Waals surface area contributed by atoms with Gasteiger partial charge in [0.25, 0.3) is 0 Å². The van der Waals surface area contributed by atoms with Crippen molar-refractivity contribution in [3.05, 3.63) is 157 Å². The SMILES string of the molecule is N#Cc1cc2c(Oc3ccc4[nH]ccc4c3)ccnc2cc1O.N#Cc1cc2c(Oc3ccc4[nH]ccc4c3)ccnc2cc1OCc1ccccc1. The van der Waals surface area contributed by atoms with Gasteiger partial charge in [0, 0.05) is 69.5 Å². The molecule has 0 saturated carbocycles. The summed E-state index contributed by atoms with van der Waals surface area (Å²) in [6.07, 6.45) is 7.07. The molecule has 10 heteroatoms. The molecule has 0 bridgehead atoms. The van der Waals surface area contributed by atoms with Crippen molar-refractivity contribution in [2.24, 2.45) is 0 Å². The number of nitrogens with zero attached hydrogens (tertiary/aromatic N) is 4. The molecule has 53 heavy (non-hydrogen) atoms. The van der Waals surface area contributed by atoms with Crippen LogP contribution in [0.2, 0.25) is 0 Å². The van der Waals surface area contributed by atoms with E-state index < -0.39 is 0 Å². The summed E-state index contributed by atoms with van der Waals surface area (Å²) in [4.78, 5) is 15.0. The Morgan fingerprint density at radius 2 is 1.15 bits per heavy atom. The summed E-state index contributed by atoms with van der Waals surface area (Å²) in [6.45, 7) is 0.383. The number of benzene rings is 5. The van der Waals surface area contributed by atoms with Crippen LogP contribution in [-0.4, -0.2) is 25.0 Å². The van der Waals surface area contributed by atoms with E-state index in [1.807, 2.05) is 97.3 Å². The number of aromatic hydroxyl groups is 1. The Morgan fingerprint density at radius 1 is 0.585 bits per heavy atom. The van der Waals surface area contributed by atoms with Crippen molar-refractivity contribution in [1.82, 2.24) is 19.9 Å². The zero-order valence-corrected chi connectivity index (χ0v) is 27.9. The second-order valence-corrected chi connectivity index (χ2v) is 12.0. The standard InChI is InChI=1S/C25H17N3O2.C18H11N3O2/c26-15-19-13-21-23(14-25(19)29-16-17-4-2-1-3-5-17)28-11-9-24(21)30-20-6-7-22-18(12-20)8-10-27-22;19-10-12-8-14-16(9-17(12)22)21-6-4-18(14)23-13-1-2-15-11(7-13)3-5-20-15/h1-14,27H,16H2;1-9,20,22H. The molecule has 0 atom stereocenters. The minimum Gasteiger partial charge on any atom is -0.506 e. The number of rotatable bonds is 7. The average molecular weight is 693 g/mol. The lowest BCUT2D eigenvalue weighted by atomic mass is 10.1. The van der Waals surface area contributed by atoms with Crippen LogP contribution >= 0.6 is 0 Å². The van der Waals surface area contributed by atoms with Crippen LogP contribution in [0.4, 0.5) is 0 Å². The van der Waals surface area contributed by atoms with Crippen LogP contribution in [0.3, 0.4) is 0 Å². The summed E-state index contributed by atoms with van der Waals surface area (Å²) in [5.41, 5.74) is 5.03. The number of aromatic nitrogens is 4. The van der Waals surface area contributed by atoms with Crippen molar-refractivity contribution in [2.75, 3.05) is 0 Å². The van der Waals surface area contributed by atoms with Gasteiger partial charge in [-0.25, -0.2) is 0 Å². The number of ether oxygens (including phenoxy) is 3. The smallest absolute Gasteiger partial charge is 0.139 e. The zero-order valence-electron chi connectivity index (χ0n) is 27.9. The molecule has 0 amide bonds. The number of fused-ring (bicyclic) bond motifs is 4. The number of phenols is 1. The third kappa shape index (κ3) is 6.84. The van der Waals surface area contributed by atoms with Gasteiger partial charge in [-0.3, -0.25) is 9.97 Å². The van der Waals surface area contributed by atoms with E-state index in [0.717, 1.165) is 38.5 Å². The number of nitrogens with one attached hydrogen (secondary N) is 2. The van der Waals surface area contributed by atoms with Gasteiger partial charge in [-0.1, -0.05) is 30.3 Å². The van der Waals surface area contributed by atoms with Crippen LogP contribution in [0.1, 0.15) is 16.7 Å². The van der Waals surface area contributed by atoms with Gasteiger partial charge in [0.2, 0.25) is 0 Å². The molecule has 4 aromatic heterocycles. The normalized spacial score (nSPS) is 10.8. The molecular formula is C43H28N6O4. The molecule has 4 heterocycles. The molecule has 0 unspecified atom stereocenters. The monoisotopic (exact) mass is 692 g/mol. The summed E-state index contributed by atoms with van der Waals surface area (Å²) >= 11 is 0. The minimum absolute atomic E-state index is 0.0848. The van der Waals surface area contributed by atoms with Crippen LogP contribution in [0.5, 0.6) is 34.5 Å². The van der Waals surface area contributed by atoms with Gasteiger partial charge in [0.05, 0.1) is 22.2 Å². The Morgan fingerprint density at radius 3 is 1.74 bits per heavy atom. The minimum atomic E-state index is -0.0848. The highest BCUT2D eigenvalue weighted by Gasteiger charge is 2.13. The molecule has 0 fully saturated rings. The molecule has 0 saturated heterocycles. The lowest BCUT2D eigenvalue weighted by molar-refractivity contribution is 0.305. The Labute approximate surface area is 302 Å². The average Bonchev–Trinajstić information content (AvgIpc) is 3.87. The predicted octanol–water partition coefficient (Wildman–Crippen LogP) is 10.0. The summed E-state index contributed by atoms with van der Waals surface area (Å²) in [7, 11) is 0. The van der Waals surface area contributed by atoms with Crippen LogP contribution < -0.4 is 14.2 Å². The number of hydrogen-bond acceptors (Lipinski definition) is 8. The number of pyridine rings is 2. The maximum atomic E-state index is 9.78. The summed E-state index contributed by atoms with van der Waals surface area (Å²) < 4.78 is 18.0. The molecule has 0 aliphatic carbocycles. The van der Waals surface area contributed by atoms with E-state index in [2.05, 4.69) is 26.0 Å². The summed E-state index contributed by atoms with van der Waals surface area (Å²) in [5.74, 6) is 3.06. The molecule has 10 nitrogen and oxygen atoms in total. The van der Waals surface area contributed by atoms with E-state index in [4.69, 9.17) is 19.5 Å². The number of hydrogen-bond donors (Lipinski definition) is 3. The molecule has 0 aliphatic rings. The molecule has 5 aromatic carbocycles. The van der Waals surface area contributed by atoms with Crippen molar-refractivity contribution >= 4 is 43.6 Å². The molecule has 254 valence electrons. The Bertz CT molecular complexity index is 2850. The van der Waals surface area contributed by atoms with E-state index in [-0.39, 0.29) is 11.3 Å². The number of H-pyrrole nitrogens is 2.